The molecule has 0 aliphatic carbocycles. The Bertz CT molecular complexity index is 157. The lowest BCUT2D eigenvalue weighted by Gasteiger charge is -2.05. The van der Waals surface area contributed by atoms with Crippen LogP contribution in [-0.4, -0.2) is 11.2 Å². The molecule has 0 radical (unpaired) electrons. The van der Waals surface area contributed by atoms with Crippen molar-refractivity contribution in [3.8, 4) is 0 Å². The summed E-state index contributed by atoms with van der Waals surface area (Å²) in [5, 5.41) is 9.08. The summed E-state index contributed by atoms with van der Waals surface area (Å²) in [5.74, 6) is 0.820. The molecule has 0 saturated heterocycles. The van der Waals surface area contributed by atoms with Gasteiger partial charge < -0.3 is 5.11 Å². The zero-order valence-electron chi connectivity index (χ0n) is 10.2. The Kier molecular flexibility index (Phi) is 7.87. The van der Waals surface area contributed by atoms with Crippen LogP contribution in [0.4, 0.5) is 0 Å². The Labute approximate surface area is 89.2 Å². The van der Waals surface area contributed by atoms with Crippen LogP contribution in [0.2, 0.25) is 0 Å². The van der Waals surface area contributed by atoms with E-state index in [0.29, 0.717) is 0 Å². The van der Waals surface area contributed by atoms with E-state index < -0.39 is 0 Å². The molecule has 0 rings (SSSR count). The van der Waals surface area contributed by atoms with Gasteiger partial charge in [0, 0.05) is 0 Å². The summed E-state index contributed by atoms with van der Waals surface area (Å²) in [6.07, 6.45) is 7.86. The Morgan fingerprint density at radius 2 is 1.86 bits per heavy atom. The minimum atomic E-state index is -0.158. The normalized spacial score (nSPS) is 14.9. The van der Waals surface area contributed by atoms with Crippen molar-refractivity contribution in [3.05, 3.63) is 11.6 Å². The summed E-state index contributed by atoms with van der Waals surface area (Å²) in [6.45, 7) is 8.59. The number of hydrogen-bond acceptors (Lipinski definition) is 1. The zero-order valence-corrected chi connectivity index (χ0v) is 10.2. The van der Waals surface area contributed by atoms with Crippen molar-refractivity contribution in [1.82, 2.24) is 0 Å². The molecular formula is C13H26O. The van der Waals surface area contributed by atoms with Crippen LogP contribution in [0.3, 0.4) is 0 Å². The fraction of sp³-hybridized carbons (Fsp3) is 0.846. The Hall–Kier alpha value is -0.300. The number of rotatable bonds is 7. The highest BCUT2D eigenvalue weighted by Crippen LogP contribution is 2.12. The maximum Gasteiger partial charge on any atom is 0.0515 e. The fourth-order valence-corrected chi connectivity index (χ4v) is 1.46. The van der Waals surface area contributed by atoms with Crippen LogP contribution < -0.4 is 0 Å². The van der Waals surface area contributed by atoms with Gasteiger partial charge in [-0.1, -0.05) is 31.9 Å². The third-order valence-electron chi connectivity index (χ3n) is 2.43. The molecule has 0 heterocycles. The van der Waals surface area contributed by atoms with E-state index in [-0.39, 0.29) is 6.10 Å². The van der Waals surface area contributed by atoms with Crippen LogP contribution in [0.1, 0.15) is 59.8 Å². The van der Waals surface area contributed by atoms with E-state index in [1.807, 2.05) is 6.92 Å². The van der Waals surface area contributed by atoms with E-state index in [9.17, 15) is 0 Å². The molecule has 1 unspecified atom stereocenters. The van der Waals surface area contributed by atoms with Gasteiger partial charge in [0.05, 0.1) is 6.10 Å². The molecule has 1 nitrogen and oxygen atoms in total. The molecule has 84 valence electrons. The highest BCUT2D eigenvalue weighted by molar-refractivity contribution is 4.97. The van der Waals surface area contributed by atoms with Gasteiger partial charge in [-0.3, -0.25) is 0 Å². The van der Waals surface area contributed by atoms with Crippen LogP contribution in [0.15, 0.2) is 11.6 Å². The standard InChI is InChI=1S/C13H26O/c1-11(2)7-5-8-12(3)9-6-10-13(4)14/h9,11,13-14H,5-8,10H2,1-4H3. The maximum absolute atomic E-state index is 9.08. The summed E-state index contributed by atoms with van der Waals surface area (Å²) >= 11 is 0. The first-order valence-electron chi connectivity index (χ1n) is 5.86. The van der Waals surface area contributed by atoms with Gasteiger partial charge in [0.1, 0.15) is 0 Å². The van der Waals surface area contributed by atoms with Crippen molar-refractivity contribution in [2.75, 3.05) is 0 Å². The molecule has 0 aliphatic rings. The van der Waals surface area contributed by atoms with Crippen LogP contribution in [0.5, 0.6) is 0 Å². The second-order valence-corrected chi connectivity index (χ2v) is 4.76. The van der Waals surface area contributed by atoms with Gasteiger partial charge in [-0.25, -0.2) is 0 Å². The van der Waals surface area contributed by atoms with E-state index >= 15 is 0 Å². The minimum absolute atomic E-state index is 0.158. The van der Waals surface area contributed by atoms with Gasteiger partial charge in [-0.05, 0) is 45.4 Å². The Morgan fingerprint density at radius 3 is 2.36 bits per heavy atom. The second-order valence-electron chi connectivity index (χ2n) is 4.76. The van der Waals surface area contributed by atoms with Crippen LogP contribution >= 0.6 is 0 Å². The smallest absolute Gasteiger partial charge is 0.0515 e. The molecule has 0 amide bonds. The lowest BCUT2D eigenvalue weighted by atomic mass is 10.0. The first-order chi connectivity index (χ1) is 6.52. The van der Waals surface area contributed by atoms with Gasteiger partial charge in [0.2, 0.25) is 0 Å². The number of allylic oxidation sites excluding steroid dienone is 2. The summed E-state index contributed by atoms with van der Waals surface area (Å²) in [4.78, 5) is 0. The number of aliphatic hydroxyl groups is 1. The van der Waals surface area contributed by atoms with Gasteiger partial charge in [-0.2, -0.15) is 0 Å². The average molecular weight is 198 g/mol. The molecule has 0 aromatic carbocycles. The number of hydrogen-bond donors (Lipinski definition) is 1. The molecule has 0 aromatic rings. The summed E-state index contributed by atoms with van der Waals surface area (Å²) in [5.41, 5.74) is 1.48. The highest BCUT2D eigenvalue weighted by atomic mass is 16.3. The van der Waals surface area contributed by atoms with Crippen molar-refractivity contribution in [2.24, 2.45) is 5.92 Å². The molecule has 14 heavy (non-hydrogen) atoms. The lowest BCUT2D eigenvalue weighted by molar-refractivity contribution is 0.186. The van der Waals surface area contributed by atoms with Gasteiger partial charge >= 0.3 is 0 Å². The summed E-state index contributed by atoms with van der Waals surface area (Å²) in [7, 11) is 0. The molecule has 1 heteroatoms. The molecule has 0 aromatic heterocycles. The fourth-order valence-electron chi connectivity index (χ4n) is 1.46. The van der Waals surface area contributed by atoms with E-state index in [4.69, 9.17) is 5.11 Å². The third kappa shape index (κ3) is 9.79. The van der Waals surface area contributed by atoms with Gasteiger partial charge in [-0.15, -0.1) is 0 Å². The monoisotopic (exact) mass is 198 g/mol. The van der Waals surface area contributed by atoms with E-state index in [2.05, 4.69) is 26.8 Å². The molecule has 0 saturated carbocycles. The molecule has 0 fully saturated rings. The van der Waals surface area contributed by atoms with Crippen molar-refractivity contribution < 1.29 is 5.11 Å². The molecule has 0 aliphatic heterocycles. The van der Waals surface area contributed by atoms with Gasteiger partial charge in [0.25, 0.3) is 0 Å². The van der Waals surface area contributed by atoms with Crippen molar-refractivity contribution >= 4 is 0 Å². The van der Waals surface area contributed by atoms with E-state index in [1.165, 1.54) is 24.8 Å². The van der Waals surface area contributed by atoms with Crippen LogP contribution in [0, 0.1) is 5.92 Å². The predicted octanol–water partition coefficient (Wildman–Crippen LogP) is 3.92. The largest absolute Gasteiger partial charge is 0.393 e. The molecule has 0 bridgehead atoms. The topological polar surface area (TPSA) is 20.2 Å². The van der Waals surface area contributed by atoms with E-state index in [1.54, 1.807) is 0 Å². The molecule has 0 spiro atoms. The van der Waals surface area contributed by atoms with Gasteiger partial charge in [0.15, 0.2) is 0 Å². The third-order valence-corrected chi connectivity index (χ3v) is 2.43. The SMILES string of the molecule is CC(=CCCC(C)O)CCCC(C)C. The van der Waals surface area contributed by atoms with Crippen molar-refractivity contribution in [1.29, 1.82) is 0 Å². The number of aliphatic hydroxyl groups excluding tert-OH is 1. The summed E-state index contributed by atoms with van der Waals surface area (Å²) < 4.78 is 0. The first kappa shape index (κ1) is 13.7. The molecule has 1 N–H and O–H groups in total. The minimum Gasteiger partial charge on any atom is -0.393 e. The van der Waals surface area contributed by atoms with Crippen molar-refractivity contribution in [3.63, 3.8) is 0 Å². The zero-order chi connectivity index (χ0) is 11.0. The van der Waals surface area contributed by atoms with E-state index in [0.717, 1.165) is 18.8 Å². The van der Waals surface area contributed by atoms with Crippen LogP contribution in [-0.2, 0) is 0 Å². The highest BCUT2D eigenvalue weighted by Gasteiger charge is 1.96. The average Bonchev–Trinajstić information content (AvgIpc) is 2.02. The Balaban J connectivity index is 3.47. The molecule has 1 atom stereocenters. The quantitative estimate of drug-likeness (QED) is 0.615. The molecular weight excluding hydrogens is 172 g/mol. The first-order valence-corrected chi connectivity index (χ1v) is 5.86. The second kappa shape index (κ2) is 8.05. The maximum atomic E-state index is 9.08. The van der Waals surface area contributed by atoms with Crippen LogP contribution in [0.25, 0.3) is 0 Å². The lowest BCUT2D eigenvalue weighted by Crippen LogP contribution is -1.97. The summed E-state index contributed by atoms with van der Waals surface area (Å²) in [6, 6.07) is 0. The van der Waals surface area contributed by atoms with Crippen molar-refractivity contribution in [2.45, 2.75) is 65.9 Å². The predicted molar refractivity (Wildman–Crippen MR) is 63.4 cm³/mol. The Morgan fingerprint density at radius 1 is 1.21 bits per heavy atom.